The highest BCUT2D eigenvalue weighted by Gasteiger charge is 2.29. The number of hydrogen-bond donors (Lipinski definition) is 1. The Balaban J connectivity index is 1.64. The van der Waals surface area contributed by atoms with Gasteiger partial charge >= 0.3 is 6.18 Å². The number of nitrogens with zero attached hydrogens (tertiary/aromatic N) is 1. The van der Waals surface area contributed by atoms with Gasteiger partial charge in [-0.2, -0.15) is 13.2 Å². The summed E-state index contributed by atoms with van der Waals surface area (Å²) in [6, 6.07) is 16.0. The van der Waals surface area contributed by atoms with Crippen LogP contribution in [0.25, 0.3) is 22.0 Å². The van der Waals surface area contributed by atoms with Crippen molar-refractivity contribution in [3.63, 3.8) is 0 Å². The van der Waals surface area contributed by atoms with Crippen molar-refractivity contribution in [2.75, 3.05) is 0 Å². The molecule has 3 nitrogen and oxygen atoms in total. The highest BCUT2D eigenvalue weighted by Crippen LogP contribution is 2.32. The topological polar surface area (TPSA) is 37.9 Å². The molecule has 2 aromatic heterocycles. The molecule has 0 saturated carbocycles. The standard InChI is InChI=1S/C20H13F3N2O/c21-20(22,23)16-6-4-13(5-7-16)15-9-10-24-18(12-15)26-17-3-1-2-14-8-11-25-19(14)17/h1-12,25H. The first-order chi connectivity index (χ1) is 12.5. The molecule has 0 aliphatic heterocycles. The highest BCUT2D eigenvalue weighted by atomic mass is 19.4. The number of H-pyrrole nitrogens is 1. The van der Waals surface area contributed by atoms with Gasteiger partial charge in [0.25, 0.3) is 0 Å². The number of benzene rings is 2. The lowest BCUT2D eigenvalue weighted by atomic mass is 10.0. The molecule has 6 heteroatoms. The van der Waals surface area contributed by atoms with Gasteiger partial charge in [-0.3, -0.25) is 0 Å². The number of pyridine rings is 1. The molecule has 0 amide bonds. The smallest absolute Gasteiger partial charge is 0.416 e. The lowest BCUT2D eigenvalue weighted by Gasteiger charge is -2.09. The van der Waals surface area contributed by atoms with Gasteiger partial charge in [0.2, 0.25) is 5.88 Å². The molecule has 0 fully saturated rings. The number of aromatic amines is 1. The molecule has 0 aliphatic rings. The van der Waals surface area contributed by atoms with E-state index in [1.54, 1.807) is 18.3 Å². The maximum atomic E-state index is 12.7. The fraction of sp³-hybridized carbons (Fsp3) is 0.0500. The molecule has 0 radical (unpaired) electrons. The first kappa shape index (κ1) is 16.2. The van der Waals surface area contributed by atoms with Crippen LogP contribution >= 0.6 is 0 Å². The van der Waals surface area contributed by atoms with Crippen LogP contribution in [0.1, 0.15) is 5.56 Å². The predicted molar refractivity (Wildman–Crippen MR) is 93.0 cm³/mol. The quantitative estimate of drug-likeness (QED) is 0.487. The van der Waals surface area contributed by atoms with Crippen molar-refractivity contribution in [1.29, 1.82) is 0 Å². The molecule has 130 valence electrons. The van der Waals surface area contributed by atoms with Crippen LogP contribution in [0.3, 0.4) is 0 Å². The molecule has 4 aromatic rings. The largest absolute Gasteiger partial charge is 0.437 e. The zero-order chi connectivity index (χ0) is 18.1. The molecule has 2 aromatic carbocycles. The van der Waals surface area contributed by atoms with Crippen LogP contribution in [0, 0.1) is 0 Å². The van der Waals surface area contributed by atoms with Crippen LogP contribution in [-0.2, 0) is 6.18 Å². The summed E-state index contributed by atoms with van der Waals surface area (Å²) in [5.74, 6) is 0.995. The van der Waals surface area contributed by atoms with E-state index in [4.69, 9.17) is 4.74 Å². The van der Waals surface area contributed by atoms with Gasteiger partial charge in [0.1, 0.15) is 0 Å². The summed E-state index contributed by atoms with van der Waals surface area (Å²) in [7, 11) is 0. The van der Waals surface area contributed by atoms with Crippen LogP contribution in [-0.4, -0.2) is 9.97 Å². The van der Waals surface area contributed by atoms with Crippen LogP contribution in [0.4, 0.5) is 13.2 Å². The Labute approximate surface area is 147 Å². The summed E-state index contributed by atoms with van der Waals surface area (Å²) in [5, 5.41) is 1.02. The molecule has 0 saturated heterocycles. The van der Waals surface area contributed by atoms with Crippen molar-refractivity contribution in [1.82, 2.24) is 9.97 Å². The number of nitrogens with one attached hydrogen (secondary N) is 1. The minimum atomic E-state index is -4.35. The fourth-order valence-corrected chi connectivity index (χ4v) is 2.75. The van der Waals surface area contributed by atoms with Crippen molar-refractivity contribution < 1.29 is 17.9 Å². The fourth-order valence-electron chi connectivity index (χ4n) is 2.75. The molecule has 4 rings (SSSR count). The molecule has 26 heavy (non-hydrogen) atoms. The third kappa shape index (κ3) is 3.13. The number of halogens is 3. The molecule has 0 spiro atoms. The molecule has 0 bridgehead atoms. The second kappa shape index (κ2) is 6.22. The third-order valence-electron chi connectivity index (χ3n) is 4.04. The second-order valence-corrected chi connectivity index (χ2v) is 5.76. The molecule has 0 atom stereocenters. The van der Waals surface area contributed by atoms with Gasteiger partial charge in [0.05, 0.1) is 11.1 Å². The number of rotatable bonds is 3. The van der Waals surface area contributed by atoms with Crippen LogP contribution < -0.4 is 4.74 Å². The Morgan fingerprint density at radius 3 is 2.46 bits per heavy atom. The summed E-state index contributed by atoms with van der Waals surface area (Å²) < 4.78 is 44.0. The van der Waals surface area contributed by atoms with Gasteiger partial charge in [-0.1, -0.05) is 24.3 Å². The lowest BCUT2D eigenvalue weighted by Crippen LogP contribution is -2.03. The van der Waals surface area contributed by atoms with Crippen LogP contribution in [0.5, 0.6) is 11.6 Å². The molecule has 0 unspecified atom stereocenters. The van der Waals surface area contributed by atoms with Crippen molar-refractivity contribution in [2.45, 2.75) is 6.18 Å². The van der Waals surface area contributed by atoms with Gasteiger partial charge in [-0.15, -0.1) is 0 Å². The van der Waals surface area contributed by atoms with E-state index in [0.717, 1.165) is 28.6 Å². The number of para-hydroxylation sites is 1. The summed E-state index contributed by atoms with van der Waals surface area (Å²) in [6.45, 7) is 0. The molecular weight excluding hydrogens is 341 g/mol. The van der Waals surface area contributed by atoms with E-state index < -0.39 is 11.7 Å². The van der Waals surface area contributed by atoms with Gasteiger partial charge in [0, 0.05) is 23.8 Å². The monoisotopic (exact) mass is 354 g/mol. The SMILES string of the molecule is FC(F)(F)c1ccc(-c2ccnc(Oc3cccc4cc[nH]c34)c2)cc1. The van der Waals surface area contributed by atoms with E-state index in [-0.39, 0.29) is 0 Å². The normalized spacial score (nSPS) is 11.7. The number of fused-ring (bicyclic) bond motifs is 1. The average molecular weight is 354 g/mol. The molecule has 2 heterocycles. The van der Waals surface area contributed by atoms with E-state index in [1.807, 2.05) is 30.5 Å². The summed E-state index contributed by atoms with van der Waals surface area (Å²) >= 11 is 0. The first-order valence-electron chi connectivity index (χ1n) is 7.88. The van der Waals surface area contributed by atoms with Gasteiger partial charge in [-0.25, -0.2) is 4.98 Å². The minimum absolute atomic E-state index is 0.365. The minimum Gasteiger partial charge on any atom is -0.437 e. The number of aromatic nitrogens is 2. The number of ether oxygens (including phenoxy) is 1. The van der Waals surface area contributed by atoms with Crippen molar-refractivity contribution >= 4 is 10.9 Å². The number of hydrogen-bond acceptors (Lipinski definition) is 2. The summed E-state index contributed by atoms with van der Waals surface area (Å²) in [5.41, 5.74) is 1.56. The summed E-state index contributed by atoms with van der Waals surface area (Å²) in [4.78, 5) is 7.31. The maximum Gasteiger partial charge on any atom is 0.416 e. The van der Waals surface area contributed by atoms with E-state index in [2.05, 4.69) is 9.97 Å². The first-order valence-corrected chi connectivity index (χ1v) is 7.88. The molecule has 1 N–H and O–H groups in total. The Kier molecular flexibility index (Phi) is 3.88. The van der Waals surface area contributed by atoms with Gasteiger partial charge in [-0.05, 0) is 41.5 Å². The summed E-state index contributed by atoms with van der Waals surface area (Å²) in [6.07, 6.45) is -0.958. The van der Waals surface area contributed by atoms with E-state index in [1.165, 1.54) is 12.1 Å². The van der Waals surface area contributed by atoms with Crippen molar-refractivity contribution in [3.05, 3.63) is 78.6 Å². The zero-order valence-corrected chi connectivity index (χ0v) is 13.4. The number of alkyl halides is 3. The highest BCUT2D eigenvalue weighted by molar-refractivity contribution is 5.85. The zero-order valence-electron chi connectivity index (χ0n) is 13.4. The Hall–Kier alpha value is -3.28. The van der Waals surface area contributed by atoms with Gasteiger partial charge < -0.3 is 9.72 Å². The molecule has 0 aliphatic carbocycles. The Morgan fingerprint density at radius 1 is 0.885 bits per heavy atom. The van der Waals surface area contributed by atoms with Gasteiger partial charge in [0.15, 0.2) is 5.75 Å². The van der Waals surface area contributed by atoms with E-state index >= 15 is 0 Å². The van der Waals surface area contributed by atoms with Crippen molar-refractivity contribution in [2.24, 2.45) is 0 Å². The second-order valence-electron chi connectivity index (χ2n) is 5.76. The van der Waals surface area contributed by atoms with Crippen LogP contribution in [0.15, 0.2) is 73.1 Å². The third-order valence-corrected chi connectivity index (χ3v) is 4.04. The molecular formula is C20H13F3N2O. The lowest BCUT2D eigenvalue weighted by molar-refractivity contribution is -0.137. The Morgan fingerprint density at radius 2 is 1.69 bits per heavy atom. The average Bonchev–Trinajstić information content (AvgIpc) is 3.11. The predicted octanol–water partition coefficient (Wildman–Crippen LogP) is 6.04. The van der Waals surface area contributed by atoms with Crippen molar-refractivity contribution in [3.8, 4) is 22.8 Å². The maximum absolute atomic E-state index is 12.7. The van der Waals surface area contributed by atoms with Crippen LogP contribution in [0.2, 0.25) is 0 Å². The van der Waals surface area contributed by atoms with E-state index in [9.17, 15) is 13.2 Å². The van der Waals surface area contributed by atoms with E-state index in [0.29, 0.717) is 17.2 Å². The Bertz CT molecular complexity index is 1050.